The van der Waals surface area contributed by atoms with Gasteiger partial charge in [0.2, 0.25) is 0 Å². The molecule has 1 N–H and O–H groups in total. The number of hydrogen-bond donors (Lipinski definition) is 1. The highest BCUT2D eigenvalue weighted by molar-refractivity contribution is 5.83. The zero-order valence-corrected chi connectivity index (χ0v) is 14.6. The van der Waals surface area contributed by atoms with Crippen molar-refractivity contribution in [3.63, 3.8) is 0 Å². The topological polar surface area (TPSA) is 50.7 Å². The van der Waals surface area contributed by atoms with Gasteiger partial charge in [0, 0.05) is 0 Å². The Labute approximate surface area is 153 Å². The van der Waals surface area contributed by atoms with E-state index >= 15 is 0 Å². The first-order valence-corrected chi connectivity index (χ1v) is 8.37. The van der Waals surface area contributed by atoms with Gasteiger partial charge >= 0.3 is 0 Å². The van der Waals surface area contributed by atoms with Crippen molar-refractivity contribution in [2.24, 2.45) is 5.10 Å². The van der Waals surface area contributed by atoms with Crippen LogP contribution in [0.5, 0.6) is 5.75 Å². The van der Waals surface area contributed by atoms with Gasteiger partial charge in [-0.15, -0.1) is 0 Å². The summed E-state index contributed by atoms with van der Waals surface area (Å²) in [5.41, 5.74) is 6.78. The lowest BCUT2D eigenvalue weighted by atomic mass is 10.1. The number of ether oxygens (including phenoxy) is 1. The molecule has 3 aromatic rings. The van der Waals surface area contributed by atoms with Crippen LogP contribution in [0.25, 0.3) is 11.1 Å². The van der Waals surface area contributed by atoms with E-state index in [9.17, 15) is 4.79 Å². The van der Waals surface area contributed by atoms with Crippen molar-refractivity contribution in [2.75, 3.05) is 6.61 Å². The number of nitrogens with one attached hydrogen (secondary N) is 1. The molecule has 26 heavy (non-hydrogen) atoms. The Hall–Kier alpha value is -3.40. The molecule has 1 amide bonds. The SMILES string of the molecule is Cc1cccc(/C=N/NC(=O)COc2ccc(-c3ccccc3)cc2)c1. The maximum atomic E-state index is 11.8. The summed E-state index contributed by atoms with van der Waals surface area (Å²) < 4.78 is 5.49. The van der Waals surface area contributed by atoms with Crippen LogP contribution in [0.3, 0.4) is 0 Å². The second-order valence-electron chi connectivity index (χ2n) is 5.89. The number of amides is 1. The molecular weight excluding hydrogens is 324 g/mol. The lowest BCUT2D eigenvalue weighted by molar-refractivity contribution is -0.123. The molecule has 3 rings (SSSR count). The molecule has 0 heterocycles. The standard InChI is InChI=1S/C22H20N2O2/c1-17-6-5-7-18(14-17)15-23-24-22(25)16-26-21-12-10-20(11-13-21)19-8-3-2-4-9-19/h2-15H,16H2,1H3,(H,24,25)/b23-15+. The fourth-order valence-electron chi connectivity index (χ4n) is 2.48. The number of nitrogens with zero attached hydrogens (tertiary/aromatic N) is 1. The molecule has 0 unspecified atom stereocenters. The van der Waals surface area contributed by atoms with Gasteiger partial charge in [0.15, 0.2) is 6.61 Å². The minimum absolute atomic E-state index is 0.0875. The summed E-state index contributed by atoms with van der Waals surface area (Å²) in [5, 5.41) is 3.94. The first kappa shape index (κ1) is 17.4. The Bertz CT molecular complexity index is 888. The van der Waals surface area contributed by atoms with Crippen LogP contribution in [0.1, 0.15) is 11.1 Å². The third-order valence-electron chi connectivity index (χ3n) is 3.78. The monoisotopic (exact) mass is 344 g/mol. The molecular formula is C22H20N2O2. The lowest BCUT2D eigenvalue weighted by Gasteiger charge is -2.06. The maximum Gasteiger partial charge on any atom is 0.277 e. The highest BCUT2D eigenvalue weighted by atomic mass is 16.5. The Morgan fingerprint density at radius 2 is 1.69 bits per heavy atom. The van der Waals surface area contributed by atoms with E-state index in [0.717, 1.165) is 22.3 Å². The van der Waals surface area contributed by atoms with Crippen molar-refractivity contribution in [3.05, 3.63) is 90.0 Å². The zero-order valence-electron chi connectivity index (χ0n) is 14.6. The molecule has 0 atom stereocenters. The number of rotatable bonds is 6. The van der Waals surface area contributed by atoms with Gasteiger partial charge in [-0.1, -0.05) is 72.3 Å². The van der Waals surface area contributed by atoms with Crippen molar-refractivity contribution in [3.8, 4) is 16.9 Å². The largest absolute Gasteiger partial charge is 0.484 e. The van der Waals surface area contributed by atoms with Crippen molar-refractivity contribution in [2.45, 2.75) is 6.92 Å². The number of benzene rings is 3. The lowest BCUT2D eigenvalue weighted by Crippen LogP contribution is -2.24. The van der Waals surface area contributed by atoms with E-state index < -0.39 is 0 Å². The quantitative estimate of drug-likeness (QED) is 0.538. The molecule has 0 saturated heterocycles. The zero-order chi connectivity index (χ0) is 18.2. The second kappa shape index (κ2) is 8.62. The summed E-state index contributed by atoms with van der Waals surface area (Å²) in [6.07, 6.45) is 1.61. The van der Waals surface area contributed by atoms with E-state index in [1.54, 1.807) is 6.21 Å². The average molecular weight is 344 g/mol. The molecule has 0 saturated carbocycles. The fraction of sp³-hybridized carbons (Fsp3) is 0.0909. The predicted molar refractivity (Wildman–Crippen MR) is 104 cm³/mol. The molecule has 0 bridgehead atoms. The molecule has 0 aromatic heterocycles. The molecule has 0 aliphatic rings. The van der Waals surface area contributed by atoms with Gasteiger partial charge in [0.1, 0.15) is 5.75 Å². The number of hydrazone groups is 1. The van der Waals surface area contributed by atoms with Gasteiger partial charge in [-0.05, 0) is 35.7 Å². The van der Waals surface area contributed by atoms with Crippen LogP contribution in [0.2, 0.25) is 0 Å². The Balaban J connectivity index is 1.48. The summed E-state index contributed by atoms with van der Waals surface area (Å²) in [7, 11) is 0. The highest BCUT2D eigenvalue weighted by Gasteiger charge is 2.02. The van der Waals surface area contributed by atoms with Crippen LogP contribution in [-0.2, 0) is 4.79 Å². The maximum absolute atomic E-state index is 11.8. The Kier molecular flexibility index (Phi) is 5.78. The number of carbonyl (C=O) groups is 1. The summed E-state index contributed by atoms with van der Waals surface area (Å²) in [6, 6.07) is 25.6. The first-order chi connectivity index (χ1) is 12.7. The van der Waals surface area contributed by atoms with E-state index in [1.165, 1.54) is 0 Å². The van der Waals surface area contributed by atoms with Gasteiger partial charge in [-0.2, -0.15) is 5.10 Å². The summed E-state index contributed by atoms with van der Waals surface area (Å²) in [6.45, 7) is 1.92. The minimum Gasteiger partial charge on any atom is -0.484 e. The molecule has 0 aliphatic heterocycles. The van der Waals surface area contributed by atoms with Crippen molar-refractivity contribution in [1.29, 1.82) is 0 Å². The average Bonchev–Trinajstić information content (AvgIpc) is 2.68. The van der Waals surface area contributed by atoms with Gasteiger partial charge in [-0.3, -0.25) is 4.79 Å². The van der Waals surface area contributed by atoms with Crippen molar-refractivity contribution >= 4 is 12.1 Å². The summed E-state index contributed by atoms with van der Waals surface area (Å²) in [4.78, 5) is 11.8. The second-order valence-corrected chi connectivity index (χ2v) is 5.89. The Morgan fingerprint density at radius 1 is 0.962 bits per heavy atom. The van der Waals surface area contributed by atoms with Crippen LogP contribution in [0.15, 0.2) is 84.0 Å². The van der Waals surface area contributed by atoms with Crippen molar-refractivity contribution in [1.82, 2.24) is 5.43 Å². The molecule has 0 fully saturated rings. The van der Waals surface area contributed by atoms with Crippen LogP contribution >= 0.6 is 0 Å². The molecule has 0 aliphatic carbocycles. The number of carbonyl (C=O) groups excluding carboxylic acids is 1. The van der Waals surface area contributed by atoms with E-state index in [2.05, 4.69) is 22.7 Å². The predicted octanol–water partition coefficient (Wildman–Crippen LogP) is 4.19. The van der Waals surface area contributed by atoms with E-state index in [4.69, 9.17) is 4.74 Å². The minimum atomic E-state index is -0.305. The molecule has 0 radical (unpaired) electrons. The van der Waals surface area contributed by atoms with E-state index in [0.29, 0.717) is 5.75 Å². The van der Waals surface area contributed by atoms with Crippen LogP contribution in [0.4, 0.5) is 0 Å². The molecule has 4 heteroatoms. The van der Waals surface area contributed by atoms with Gasteiger partial charge in [0.05, 0.1) is 6.21 Å². The third-order valence-corrected chi connectivity index (χ3v) is 3.78. The summed E-state index contributed by atoms with van der Waals surface area (Å²) in [5.74, 6) is 0.337. The summed E-state index contributed by atoms with van der Waals surface area (Å²) >= 11 is 0. The number of aryl methyl sites for hydroxylation is 1. The van der Waals surface area contributed by atoms with Crippen LogP contribution in [-0.4, -0.2) is 18.7 Å². The van der Waals surface area contributed by atoms with Crippen molar-refractivity contribution < 1.29 is 9.53 Å². The molecule has 130 valence electrons. The van der Waals surface area contributed by atoms with Gasteiger partial charge in [-0.25, -0.2) is 5.43 Å². The van der Waals surface area contributed by atoms with E-state index in [-0.39, 0.29) is 12.5 Å². The van der Waals surface area contributed by atoms with Gasteiger partial charge in [0.25, 0.3) is 5.91 Å². The van der Waals surface area contributed by atoms with E-state index in [1.807, 2.05) is 73.7 Å². The molecule has 0 spiro atoms. The molecule has 4 nitrogen and oxygen atoms in total. The molecule has 3 aromatic carbocycles. The first-order valence-electron chi connectivity index (χ1n) is 8.37. The number of hydrogen-bond acceptors (Lipinski definition) is 3. The fourth-order valence-corrected chi connectivity index (χ4v) is 2.48. The van der Waals surface area contributed by atoms with Crippen LogP contribution < -0.4 is 10.2 Å². The normalized spacial score (nSPS) is 10.7. The Morgan fingerprint density at radius 3 is 2.42 bits per heavy atom. The van der Waals surface area contributed by atoms with Gasteiger partial charge < -0.3 is 4.74 Å². The third kappa shape index (κ3) is 5.05. The highest BCUT2D eigenvalue weighted by Crippen LogP contribution is 2.21. The smallest absolute Gasteiger partial charge is 0.277 e. The van der Waals surface area contributed by atoms with Crippen LogP contribution in [0, 0.1) is 6.92 Å².